The summed E-state index contributed by atoms with van der Waals surface area (Å²) in [7, 11) is 0. The number of carbonyl (C=O) groups excluding carboxylic acids is 2. The Bertz CT molecular complexity index is 1020. The Labute approximate surface area is 319 Å². The van der Waals surface area contributed by atoms with Crippen LogP contribution >= 0.6 is 0 Å². The summed E-state index contributed by atoms with van der Waals surface area (Å²) >= 11 is 0. The molecule has 0 aromatic rings. The van der Waals surface area contributed by atoms with E-state index in [1.165, 1.54) is 51.4 Å². The molecule has 0 fully saturated rings. The van der Waals surface area contributed by atoms with Crippen molar-refractivity contribution in [1.29, 1.82) is 0 Å². The second-order valence-electron chi connectivity index (χ2n) is 13.9. The summed E-state index contributed by atoms with van der Waals surface area (Å²) in [5.74, 6) is -1.32. The standard InChI is InChI=1S/C46H77NO5/c1-3-5-7-9-11-13-15-17-18-19-20-22-24-26-28-33-37-41-46(51)52-43(39-35-31-29-32-36-40-44(48)47-42-45(49)50)38-34-30-27-25-23-21-16-14-12-10-8-6-4-2/h5,7,11,13,17-18,20,22,25-28,43H,3-4,6,8-10,12,14-16,19,21,23-24,29-42H2,1-2H3,(H,47,48)(H,49,50)/b7-5-,13-11-,18-17-,22-20-,27-25-,28-26-. The van der Waals surface area contributed by atoms with Crippen molar-refractivity contribution < 1.29 is 24.2 Å². The highest BCUT2D eigenvalue weighted by atomic mass is 16.5. The molecular formula is C46H77NO5. The van der Waals surface area contributed by atoms with E-state index in [4.69, 9.17) is 9.84 Å². The van der Waals surface area contributed by atoms with Crippen LogP contribution in [0.1, 0.15) is 187 Å². The van der Waals surface area contributed by atoms with Gasteiger partial charge in [0.1, 0.15) is 12.6 Å². The molecule has 0 spiro atoms. The third-order valence-corrected chi connectivity index (χ3v) is 8.86. The third-order valence-electron chi connectivity index (χ3n) is 8.86. The lowest BCUT2D eigenvalue weighted by molar-refractivity contribution is -0.150. The lowest BCUT2D eigenvalue weighted by Gasteiger charge is -2.18. The van der Waals surface area contributed by atoms with Crippen LogP contribution in [-0.4, -0.2) is 35.6 Å². The summed E-state index contributed by atoms with van der Waals surface area (Å²) in [5.41, 5.74) is 0. The fourth-order valence-electron chi connectivity index (χ4n) is 5.79. The van der Waals surface area contributed by atoms with Crippen LogP contribution in [0.3, 0.4) is 0 Å². The van der Waals surface area contributed by atoms with Crippen molar-refractivity contribution in [1.82, 2.24) is 5.32 Å². The average Bonchev–Trinajstić information content (AvgIpc) is 3.13. The van der Waals surface area contributed by atoms with Crippen molar-refractivity contribution in [2.75, 3.05) is 6.54 Å². The van der Waals surface area contributed by atoms with Crippen molar-refractivity contribution in [3.8, 4) is 0 Å². The molecule has 0 saturated carbocycles. The van der Waals surface area contributed by atoms with Gasteiger partial charge >= 0.3 is 11.9 Å². The van der Waals surface area contributed by atoms with Crippen LogP contribution in [-0.2, 0) is 19.1 Å². The van der Waals surface area contributed by atoms with Crippen LogP contribution in [0.5, 0.6) is 0 Å². The van der Waals surface area contributed by atoms with Crippen LogP contribution in [0, 0.1) is 0 Å². The van der Waals surface area contributed by atoms with E-state index in [-0.39, 0.29) is 24.5 Å². The highest BCUT2D eigenvalue weighted by Gasteiger charge is 2.14. The summed E-state index contributed by atoms with van der Waals surface area (Å²) in [6.45, 7) is 4.09. The monoisotopic (exact) mass is 724 g/mol. The molecule has 52 heavy (non-hydrogen) atoms. The number of amides is 1. The van der Waals surface area contributed by atoms with Crippen LogP contribution in [0.4, 0.5) is 0 Å². The molecule has 0 rings (SSSR count). The van der Waals surface area contributed by atoms with Gasteiger partial charge in [0.05, 0.1) is 0 Å². The molecular weight excluding hydrogens is 647 g/mol. The van der Waals surface area contributed by atoms with Crippen molar-refractivity contribution in [3.63, 3.8) is 0 Å². The van der Waals surface area contributed by atoms with Gasteiger partial charge in [-0.15, -0.1) is 0 Å². The van der Waals surface area contributed by atoms with E-state index in [9.17, 15) is 14.4 Å². The Kier molecular flexibility index (Phi) is 38.2. The Morgan fingerprint density at radius 2 is 0.981 bits per heavy atom. The highest BCUT2D eigenvalue weighted by molar-refractivity contribution is 5.80. The number of carbonyl (C=O) groups is 3. The molecule has 0 bridgehead atoms. The van der Waals surface area contributed by atoms with E-state index in [0.29, 0.717) is 12.8 Å². The van der Waals surface area contributed by atoms with Gasteiger partial charge in [0.2, 0.25) is 5.91 Å². The molecule has 1 atom stereocenters. The van der Waals surface area contributed by atoms with Crippen molar-refractivity contribution in [3.05, 3.63) is 72.9 Å². The molecule has 296 valence electrons. The number of aliphatic carboxylic acids is 1. The van der Waals surface area contributed by atoms with Gasteiger partial charge in [-0.05, 0) is 96.3 Å². The van der Waals surface area contributed by atoms with E-state index in [0.717, 1.165) is 109 Å². The number of rotatable bonds is 37. The van der Waals surface area contributed by atoms with E-state index in [2.05, 4.69) is 92.1 Å². The number of hydrogen-bond donors (Lipinski definition) is 2. The average molecular weight is 724 g/mol. The fraction of sp³-hybridized carbons (Fsp3) is 0.674. The van der Waals surface area contributed by atoms with Crippen LogP contribution in [0.15, 0.2) is 72.9 Å². The molecule has 6 nitrogen and oxygen atoms in total. The quantitative estimate of drug-likeness (QED) is 0.0378. The SMILES string of the molecule is CC/C=C\C/C=C\C/C=C\C/C=C\C/C=C\CCCC(=O)OC(CCC/C=C\CCCCCCCCCC)CCCCCCCC(=O)NCC(=O)O. The second-order valence-corrected chi connectivity index (χ2v) is 13.9. The first kappa shape index (κ1) is 48.9. The van der Waals surface area contributed by atoms with Gasteiger partial charge in [0, 0.05) is 12.8 Å². The molecule has 1 amide bonds. The first-order valence-corrected chi connectivity index (χ1v) is 21.1. The highest BCUT2D eigenvalue weighted by Crippen LogP contribution is 2.17. The van der Waals surface area contributed by atoms with Gasteiger partial charge in [-0.25, -0.2) is 0 Å². The van der Waals surface area contributed by atoms with Crippen LogP contribution in [0.25, 0.3) is 0 Å². The minimum Gasteiger partial charge on any atom is -0.480 e. The van der Waals surface area contributed by atoms with E-state index < -0.39 is 5.97 Å². The summed E-state index contributed by atoms with van der Waals surface area (Å²) in [6.07, 6.45) is 54.5. The van der Waals surface area contributed by atoms with E-state index in [1.54, 1.807) is 0 Å². The molecule has 0 saturated heterocycles. The summed E-state index contributed by atoms with van der Waals surface area (Å²) in [5, 5.41) is 11.1. The van der Waals surface area contributed by atoms with Crippen LogP contribution in [0.2, 0.25) is 0 Å². The van der Waals surface area contributed by atoms with Gasteiger partial charge in [-0.1, -0.05) is 151 Å². The van der Waals surface area contributed by atoms with Gasteiger partial charge < -0.3 is 15.2 Å². The van der Waals surface area contributed by atoms with Crippen molar-refractivity contribution >= 4 is 17.8 Å². The van der Waals surface area contributed by atoms with Gasteiger partial charge in [0.25, 0.3) is 0 Å². The lowest BCUT2D eigenvalue weighted by Crippen LogP contribution is -2.28. The molecule has 0 aromatic carbocycles. The minimum atomic E-state index is -1.02. The number of carboxylic acids is 1. The fourth-order valence-corrected chi connectivity index (χ4v) is 5.79. The topological polar surface area (TPSA) is 92.7 Å². The van der Waals surface area contributed by atoms with E-state index >= 15 is 0 Å². The van der Waals surface area contributed by atoms with Crippen molar-refractivity contribution in [2.24, 2.45) is 0 Å². The third kappa shape index (κ3) is 39.6. The maximum absolute atomic E-state index is 12.7. The Morgan fingerprint density at radius 3 is 1.58 bits per heavy atom. The molecule has 6 heteroatoms. The number of carboxylic acid groups (broad SMARTS) is 1. The summed E-state index contributed by atoms with van der Waals surface area (Å²) in [6, 6.07) is 0. The van der Waals surface area contributed by atoms with Crippen molar-refractivity contribution in [2.45, 2.75) is 193 Å². The predicted octanol–water partition coefficient (Wildman–Crippen LogP) is 13.0. The first-order valence-electron chi connectivity index (χ1n) is 21.1. The predicted molar refractivity (Wildman–Crippen MR) is 221 cm³/mol. The van der Waals surface area contributed by atoms with Gasteiger partial charge in [0.15, 0.2) is 0 Å². The zero-order valence-corrected chi connectivity index (χ0v) is 33.4. The number of nitrogens with one attached hydrogen (secondary N) is 1. The Hall–Kier alpha value is -3.15. The number of unbranched alkanes of at least 4 members (excludes halogenated alkanes) is 14. The Morgan fingerprint density at radius 1 is 0.519 bits per heavy atom. The Balaban J connectivity index is 4.34. The zero-order valence-electron chi connectivity index (χ0n) is 33.4. The van der Waals surface area contributed by atoms with Crippen LogP contribution < -0.4 is 5.32 Å². The largest absolute Gasteiger partial charge is 0.480 e. The maximum Gasteiger partial charge on any atom is 0.322 e. The van der Waals surface area contributed by atoms with Gasteiger partial charge in [-0.2, -0.15) is 0 Å². The summed E-state index contributed by atoms with van der Waals surface area (Å²) in [4.78, 5) is 35.0. The van der Waals surface area contributed by atoms with E-state index in [1.807, 2.05) is 0 Å². The summed E-state index contributed by atoms with van der Waals surface area (Å²) < 4.78 is 5.98. The molecule has 0 aliphatic rings. The number of hydrogen-bond acceptors (Lipinski definition) is 4. The molecule has 0 heterocycles. The molecule has 1 unspecified atom stereocenters. The minimum absolute atomic E-state index is 0.0379. The number of esters is 1. The molecule has 2 N–H and O–H groups in total. The normalized spacial score (nSPS) is 12.8. The number of ether oxygens (including phenoxy) is 1. The zero-order chi connectivity index (χ0) is 38.0. The molecule has 0 aliphatic carbocycles. The lowest BCUT2D eigenvalue weighted by atomic mass is 10.0. The maximum atomic E-state index is 12.7. The number of allylic oxidation sites excluding steroid dienone is 12. The van der Waals surface area contributed by atoms with Gasteiger partial charge in [-0.3, -0.25) is 14.4 Å². The molecule has 0 aromatic heterocycles. The molecule has 0 radical (unpaired) electrons. The first-order chi connectivity index (χ1) is 25.5. The smallest absolute Gasteiger partial charge is 0.322 e. The second kappa shape index (κ2) is 40.6. The molecule has 0 aliphatic heterocycles.